The lowest BCUT2D eigenvalue weighted by Crippen LogP contribution is -2.01. The van der Waals surface area contributed by atoms with E-state index in [1.807, 2.05) is 25.1 Å². The molecule has 17 heavy (non-hydrogen) atoms. The molecule has 0 N–H and O–H groups in total. The van der Waals surface area contributed by atoms with Gasteiger partial charge in [0.25, 0.3) is 0 Å². The molecule has 2 nitrogen and oxygen atoms in total. The van der Waals surface area contributed by atoms with Gasteiger partial charge in [-0.2, -0.15) is 0 Å². The maximum Gasteiger partial charge on any atom is 0.160 e. The van der Waals surface area contributed by atoms with Crippen molar-refractivity contribution < 1.29 is 9.59 Å². The third-order valence-corrected chi connectivity index (χ3v) is 3.02. The topological polar surface area (TPSA) is 34.1 Å². The summed E-state index contributed by atoms with van der Waals surface area (Å²) in [5.74, 6) is -0.0209. The number of ketones is 2. The van der Waals surface area contributed by atoms with Crippen LogP contribution in [-0.2, 0) is 0 Å². The molecule has 2 aromatic carbocycles. The number of carbonyl (C=O) groups excluding carboxylic acids is 2. The molecule has 86 valence electrons. The van der Waals surface area contributed by atoms with Gasteiger partial charge in [-0.1, -0.05) is 30.3 Å². The second-order valence-electron chi connectivity index (χ2n) is 4.27. The first-order valence-corrected chi connectivity index (χ1v) is 5.56. The summed E-state index contributed by atoms with van der Waals surface area (Å²) >= 11 is 0. The van der Waals surface area contributed by atoms with Crippen LogP contribution in [0.3, 0.4) is 0 Å². The van der Waals surface area contributed by atoms with Crippen molar-refractivity contribution in [2.45, 2.75) is 20.8 Å². The summed E-state index contributed by atoms with van der Waals surface area (Å²) in [7, 11) is 0. The zero-order chi connectivity index (χ0) is 12.6. The number of fused-ring (bicyclic) bond motifs is 1. The molecular weight excluding hydrogens is 212 g/mol. The Morgan fingerprint density at radius 1 is 0.882 bits per heavy atom. The van der Waals surface area contributed by atoms with Crippen LogP contribution in [0.2, 0.25) is 0 Å². The minimum absolute atomic E-state index is 0.0105. The highest BCUT2D eigenvalue weighted by atomic mass is 16.1. The highest BCUT2D eigenvalue weighted by Crippen LogP contribution is 2.26. The Morgan fingerprint density at radius 2 is 1.47 bits per heavy atom. The van der Waals surface area contributed by atoms with Gasteiger partial charge in [0, 0.05) is 16.5 Å². The zero-order valence-corrected chi connectivity index (χ0v) is 10.2. The Morgan fingerprint density at radius 3 is 2.06 bits per heavy atom. The average molecular weight is 226 g/mol. The summed E-state index contributed by atoms with van der Waals surface area (Å²) in [4.78, 5) is 23.3. The van der Waals surface area contributed by atoms with Crippen LogP contribution >= 0.6 is 0 Å². The van der Waals surface area contributed by atoms with Gasteiger partial charge in [0.05, 0.1) is 0 Å². The first-order valence-electron chi connectivity index (χ1n) is 5.56. The SMILES string of the molecule is CC(=O)c1cccc2c(C)ccc(C(C)=O)c12. The van der Waals surface area contributed by atoms with E-state index in [0.29, 0.717) is 11.1 Å². The summed E-state index contributed by atoms with van der Waals surface area (Å²) < 4.78 is 0. The monoisotopic (exact) mass is 226 g/mol. The van der Waals surface area contributed by atoms with E-state index in [2.05, 4.69) is 0 Å². The van der Waals surface area contributed by atoms with Gasteiger partial charge in [-0.15, -0.1) is 0 Å². The molecule has 0 saturated carbocycles. The van der Waals surface area contributed by atoms with Gasteiger partial charge in [-0.05, 0) is 31.7 Å². The molecule has 2 rings (SSSR count). The lowest BCUT2D eigenvalue weighted by Gasteiger charge is -2.10. The van der Waals surface area contributed by atoms with Crippen molar-refractivity contribution in [1.82, 2.24) is 0 Å². The van der Waals surface area contributed by atoms with Crippen molar-refractivity contribution in [1.29, 1.82) is 0 Å². The summed E-state index contributed by atoms with van der Waals surface area (Å²) in [5.41, 5.74) is 2.32. The molecule has 0 aliphatic rings. The molecule has 0 atom stereocenters. The molecule has 0 aromatic heterocycles. The smallest absolute Gasteiger partial charge is 0.160 e. The van der Waals surface area contributed by atoms with Gasteiger partial charge < -0.3 is 0 Å². The molecule has 0 unspecified atom stereocenters. The fourth-order valence-electron chi connectivity index (χ4n) is 2.14. The van der Waals surface area contributed by atoms with E-state index in [1.165, 1.54) is 13.8 Å². The molecule has 2 heteroatoms. The van der Waals surface area contributed by atoms with Gasteiger partial charge in [0.2, 0.25) is 0 Å². The predicted molar refractivity (Wildman–Crippen MR) is 68.7 cm³/mol. The molecule has 0 amide bonds. The number of rotatable bonds is 2. The van der Waals surface area contributed by atoms with Gasteiger partial charge in [0.15, 0.2) is 11.6 Å². The lowest BCUT2D eigenvalue weighted by atomic mass is 9.93. The van der Waals surface area contributed by atoms with Crippen molar-refractivity contribution >= 4 is 22.3 Å². The Bertz CT molecular complexity index is 604. The van der Waals surface area contributed by atoms with Gasteiger partial charge in [-0.25, -0.2) is 0 Å². The molecule has 2 aromatic rings. The largest absolute Gasteiger partial charge is 0.294 e. The number of Topliss-reactive ketones (excluding diaryl/α,β-unsaturated/α-hetero) is 2. The average Bonchev–Trinajstić information content (AvgIpc) is 2.28. The molecule has 0 aliphatic carbocycles. The Hall–Kier alpha value is -1.96. The standard InChI is InChI=1S/C15H14O2/c1-9-7-8-14(11(3)17)15-12(9)5-4-6-13(15)10(2)16/h4-8H,1-3H3. The molecule has 0 bridgehead atoms. The second kappa shape index (κ2) is 4.13. The van der Waals surface area contributed by atoms with Crippen molar-refractivity contribution in [3.05, 3.63) is 47.0 Å². The van der Waals surface area contributed by atoms with E-state index < -0.39 is 0 Å². The van der Waals surface area contributed by atoms with Crippen molar-refractivity contribution in [2.24, 2.45) is 0 Å². The quantitative estimate of drug-likeness (QED) is 0.734. The molecule has 0 radical (unpaired) electrons. The van der Waals surface area contributed by atoms with Crippen LogP contribution in [0.4, 0.5) is 0 Å². The van der Waals surface area contributed by atoms with E-state index in [1.54, 1.807) is 12.1 Å². The maximum atomic E-state index is 11.6. The Labute approximate surface area is 100 Å². The number of aryl methyl sites for hydroxylation is 1. The highest BCUT2D eigenvalue weighted by molar-refractivity contribution is 6.16. The fourth-order valence-corrected chi connectivity index (χ4v) is 2.14. The van der Waals surface area contributed by atoms with E-state index in [0.717, 1.165) is 16.3 Å². The van der Waals surface area contributed by atoms with Crippen molar-refractivity contribution in [3.8, 4) is 0 Å². The minimum atomic E-state index is -0.0105. The molecule has 0 spiro atoms. The van der Waals surface area contributed by atoms with Crippen LogP contribution in [0.25, 0.3) is 10.8 Å². The summed E-state index contributed by atoms with van der Waals surface area (Å²) in [6.07, 6.45) is 0. The number of hydrogen-bond donors (Lipinski definition) is 0. The minimum Gasteiger partial charge on any atom is -0.294 e. The molecule has 0 saturated heterocycles. The molecule has 0 aliphatic heterocycles. The third kappa shape index (κ3) is 1.86. The number of hydrogen-bond acceptors (Lipinski definition) is 2. The number of carbonyl (C=O) groups is 2. The first-order chi connectivity index (χ1) is 8.02. The maximum absolute atomic E-state index is 11.6. The van der Waals surface area contributed by atoms with Gasteiger partial charge >= 0.3 is 0 Å². The van der Waals surface area contributed by atoms with E-state index >= 15 is 0 Å². The van der Waals surface area contributed by atoms with Gasteiger partial charge in [0.1, 0.15) is 0 Å². The van der Waals surface area contributed by atoms with Crippen LogP contribution in [-0.4, -0.2) is 11.6 Å². The third-order valence-electron chi connectivity index (χ3n) is 3.02. The predicted octanol–water partition coefficient (Wildman–Crippen LogP) is 3.55. The van der Waals surface area contributed by atoms with Crippen molar-refractivity contribution in [2.75, 3.05) is 0 Å². The van der Waals surface area contributed by atoms with Crippen LogP contribution < -0.4 is 0 Å². The van der Waals surface area contributed by atoms with Crippen LogP contribution in [0.15, 0.2) is 30.3 Å². The Balaban J connectivity index is 2.99. The number of benzene rings is 2. The van der Waals surface area contributed by atoms with Crippen LogP contribution in [0, 0.1) is 6.92 Å². The first kappa shape index (κ1) is 11.5. The summed E-state index contributed by atoms with van der Waals surface area (Å²) in [5, 5.41) is 1.76. The van der Waals surface area contributed by atoms with E-state index in [4.69, 9.17) is 0 Å². The summed E-state index contributed by atoms with van der Waals surface area (Å²) in [6.45, 7) is 5.04. The second-order valence-corrected chi connectivity index (χ2v) is 4.27. The zero-order valence-electron chi connectivity index (χ0n) is 10.2. The summed E-state index contributed by atoms with van der Waals surface area (Å²) in [6, 6.07) is 9.30. The lowest BCUT2D eigenvalue weighted by molar-refractivity contribution is 0.101. The van der Waals surface area contributed by atoms with Gasteiger partial charge in [-0.3, -0.25) is 9.59 Å². The van der Waals surface area contributed by atoms with Crippen LogP contribution in [0.5, 0.6) is 0 Å². The van der Waals surface area contributed by atoms with Crippen molar-refractivity contribution in [3.63, 3.8) is 0 Å². The highest BCUT2D eigenvalue weighted by Gasteiger charge is 2.13. The Kier molecular flexibility index (Phi) is 2.80. The molecular formula is C15H14O2. The molecule has 0 fully saturated rings. The van der Waals surface area contributed by atoms with Crippen LogP contribution in [0.1, 0.15) is 40.1 Å². The van der Waals surface area contributed by atoms with E-state index in [-0.39, 0.29) is 11.6 Å². The van der Waals surface area contributed by atoms with E-state index in [9.17, 15) is 9.59 Å². The fraction of sp³-hybridized carbons (Fsp3) is 0.200. The molecule has 0 heterocycles. The normalized spacial score (nSPS) is 10.5.